The van der Waals surface area contributed by atoms with Crippen molar-refractivity contribution in [3.05, 3.63) is 41.5 Å². The minimum atomic E-state index is -0.0790. The molecule has 166 valence electrons. The molecule has 0 atom stereocenters. The van der Waals surface area contributed by atoms with E-state index in [1.165, 1.54) is 34.2 Å². The van der Waals surface area contributed by atoms with Gasteiger partial charge in [0, 0.05) is 19.2 Å². The van der Waals surface area contributed by atoms with Crippen LogP contribution in [0.2, 0.25) is 0 Å². The SMILES string of the molecule is COc1c(Oc2ccc(CCN)cc2)cc(C(=O)N2CCC3(CC3)C2)c(OC)c1OC. The lowest BCUT2D eigenvalue weighted by Crippen LogP contribution is -2.29. The third kappa shape index (κ3) is 4.14. The molecular weight excluding hydrogens is 396 g/mol. The molecule has 0 aromatic heterocycles. The van der Waals surface area contributed by atoms with Crippen molar-refractivity contribution in [2.75, 3.05) is 41.0 Å². The molecule has 0 radical (unpaired) electrons. The zero-order valence-electron chi connectivity index (χ0n) is 18.4. The second kappa shape index (κ2) is 8.67. The van der Waals surface area contributed by atoms with E-state index in [4.69, 9.17) is 24.7 Å². The minimum absolute atomic E-state index is 0.0790. The monoisotopic (exact) mass is 426 g/mol. The van der Waals surface area contributed by atoms with E-state index in [0.29, 0.717) is 46.3 Å². The van der Waals surface area contributed by atoms with Gasteiger partial charge in [0.25, 0.3) is 5.91 Å². The number of benzene rings is 2. The first-order chi connectivity index (χ1) is 15.0. The molecule has 2 N–H and O–H groups in total. The van der Waals surface area contributed by atoms with Gasteiger partial charge in [-0.1, -0.05) is 12.1 Å². The van der Waals surface area contributed by atoms with Crippen LogP contribution in [0.25, 0.3) is 0 Å². The number of likely N-dealkylation sites (tertiary alicyclic amines) is 1. The summed E-state index contributed by atoms with van der Waals surface area (Å²) >= 11 is 0. The van der Waals surface area contributed by atoms with Gasteiger partial charge in [-0.15, -0.1) is 0 Å². The Labute approximate surface area is 183 Å². The Morgan fingerprint density at radius 1 is 1.00 bits per heavy atom. The molecule has 31 heavy (non-hydrogen) atoms. The van der Waals surface area contributed by atoms with Crippen LogP contribution in [0, 0.1) is 5.41 Å². The van der Waals surface area contributed by atoms with Gasteiger partial charge in [-0.05, 0) is 55.3 Å². The Bertz CT molecular complexity index is 953. The molecule has 0 bridgehead atoms. The molecule has 2 aliphatic rings. The first-order valence-corrected chi connectivity index (χ1v) is 10.6. The average Bonchev–Trinajstić information content (AvgIpc) is 3.42. The van der Waals surface area contributed by atoms with E-state index in [-0.39, 0.29) is 5.91 Å². The van der Waals surface area contributed by atoms with Crippen molar-refractivity contribution in [2.45, 2.75) is 25.7 Å². The molecule has 4 rings (SSSR count). The van der Waals surface area contributed by atoms with Crippen molar-refractivity contribution in [1.82, 2.24) is 4.90 Å². The Hall–Kier alpha value is -2.93. The van der Waals surface area contributed by atoms with Crippen molar-refractivity contribution >= 4 is 5.91 Å². The normalized spacial score (nSPS) is 16.3. The van der Waals surface area contributed by atoms with Gasteiger partial charge < -0.3 is 29.6 Å². The largest absolute Gasteiger partial charge is 0.492 e. The average molecular weight is 427 g/mol. The van der Waals surface area contributed by atoms with Gasteiger partial charge in [0.2, 0.25) is 11.5 Å². The highest BCUT2D eigenvalue weighted by Crippen LogP contribution is 2.54. The predicted octanol–water partition coefficient (Wildman–Crippen LogP) is 3.63. The van der Waals surface area contributed by atoms with Crippen LogP contribution < -0.4 is 24.7 Å². The molecule has 2 aromatic rings. The molecule has 2 aromatic carbocycles. The first kappa shape index (κ1) is 21.3. The summed E-state index contributed by atoms with van der Waals surface area (Å²) in [7, 11) is 4.58. The van der Waals surface area contributed by atoms with Gasteiger partial charge in [-0.2, -0.15) is 0 Å². The summed E-state index contributed by atoms with van der Waals surface area (Å²) in [4.78, 5) is 15.3. The maximum atomic E-state index is 13.4. The highest BCUT2D eigenvalue weighted by atomic mass is 16.5. The van der Waals surface area contributed by atoms with E-state index < -0.39 is 0 Å². The molecule has 1 spiro atoms. The van der Waals surface area contributed by atoms with E-state index in [9.17, 15) is 4.79 Å². The lowest BCUT2D eigenvalue weighted by Gasteiger charge is -2.22. The number of carbonyl (C=O) groups is 1. The first-order valence-electron chi connectivity index (χ1n) is 10.6. The van der Waals surface area contributed by atoms with Crippen LogP contribution in [0.1, 0.15) is 35.2 Å². The van der Waals surface area contributed by atoms with E-state index in [1.807, 2.05) is 29.2 Å². The summed E-state index contributed by atoms with van der Waals surface area (Å²) < 4.78 is 22.9. The molecule has 1 saturated carbocycles. The number of rotatable bonds is 8. The number of hydrogen-bond acceptors (Lipinski definition) is 6. The summed E-state index contributed by atoms with van der Waals surface area (Å²) in [5.41, 5.74) is 7.51. The summed E-state index contributed by atoms with van der Waals surface area (Å²) in [6.45, 7) is 2.14. The van der Waals surface area contributed by atoms with Gasteiger partial charge in [0.1, 0.15) is 5.75 Å². The lowest BCUT2D eigenvalue weighted by molar-refractivity contribution is 0.0780. The number of carbonyl (C=O) groups excluding carboxylic acids is 1. The summed E-state index contributed by atoms with van der Waals surface area (Å²) in [6, 6.07) is 9.38. The number of nitrogens with zero attached hydrogens (tertiary/aromatic N) is 1. The Morgan fingerprint density at radius 3 is 2.23 bits per heavy atom. The number of methoxy groups -OCH3 is 3. The van der Waals surface area contributed by atoms with Crippen molar-refractivity contribution in [1.29, 1.82) is 0 Å². The topological polar surface area (TPSA) is 83.3 Å². The van der Waals surface area contributed by atoms with Gasteiger partial charge in [0.15, 0.2) is 11.5 Å². The highest BCUT2D eigenvalue weighted by molar-refractivity contribution is 5.99. The fourth-order valence-electron chi connectivity index (χ4n) is 4.30. The Kier molecular flexibility index (Phi) is 5.96. The minimum Gasteiger partial charge on any atom is -0.492 e. The maximum absolute atomic E-state index is 13.4. The summed E-state index contributed by atoms with van der Waals surface area (Å²) in [5.74, 6) is 2.02. The maximum Gasteiger partial charge on any atom is 0.257 e. The highest BCUT2D eigenvalue weighted by Gasteiger charge is 2.49. The van der Waals surface area contributed by atoms with E-state index in [0.717, 1.165) is 31.5 Å². The van der Waals surface area contributed by atoms with Crippen molar-refractivity contribution in [2.24, 2.45) is 11.1 Å². The lowest BCUT2D eigenvalue weighted by atomic mass is 10.1. The third-order valence-corrected chi connectivity index (χ3v) is 6.27. The van der Waals surface area contributed by atoms with E-state index >= 15 is 0 Å². The zero-order valence-corrected chi connectivity index (χ0v) is 18.4. The molecule has 7 heteroatoms. The number of nitrogens with two attached hydrogens (primary N) is 1. The predicted molar refractivity (Wildman–Crippen MR) is 118 cm³/mol. The molecule has 1 amide bonds. The fourth-order valence-corrected chi connectivity index (χ4v) is 4.30. The fraction of sp³-hybridized carbons (Fsp3) is 0.458. The van der Waals surface area contributed by atoms with Crippen LogP contribution in [-0.2, 0) is 6.42 Å². The zero-order chi connectivity index (χ0) is 22.0. The second-order valence-electron chi connectivity index (χ2n) is 8.28. The summed E-state index contributed by atoms with van der Waals surface area (Å²) in [6.07, 6.45) is 4.27. The Morgan fingerprint density at radius 2 is 1.68 bits per heavy atom. The molecule has 0 unspecified atom stereocenters. The molecule has 7 nitrogen and oxygen atoms in total. The van der Waals surface area contributed by atoms with Crippen LogP contribution >= 0.6 is 0 Å². The smallest absolute Gasteiger partial charge is 0.257 e. The van der Waals surface area contributed by atoms with Crippen molar-refractivity contribution in [3.63, 3.8) is 0 Å². The van der Waals surface area contributed by atoms with Crippen LogP contribution in [0.5, 0.6) is 28.7 Å². The molecule has 1 heterocycles. The van der Waals surface area contributed by atoms with Crippen molar-refractivity contribution < 1.29 is 23.7 Å². The van der Waals surface area contributed by atoms with E-state index in [1.54, 1.807) is 6.07 Å². The van der Waals surface area contributed by atoms with Gasteiger partial charge in [0.05, 0.1) is 26.9 Å². The van der Waals surface area contributed by atoms with E-state index in [2.05, 4.69) is 0 Å². The quantitative estimate of drug-likeness (QED) is 0.694. The van der Waals surface area contributed by atoms with Crippen LogP contribution in [0.15, 0.2) is 30.3 Å². The number of amides is 1. The third-order valence-electron chi connectivity index (χ3n) is 6.27. The standard InChI is InChI=1S/C24H30N2O5/c1-28-20-18(23(27)26-13-11-24(15-26)9-10-24)14-19(21(29-2)22(20)30-3)31-17-6-4-16(5-7-17)8-12-25/h4-7,14H,8-13,15,25H2,1-3H3. The molecule has 1 aliphatic heterocycles. The summed E-state index contributed by atoms with van der Waals surface area (Å²) in [5, 5.41) is 0. The number of hydrogen-bond donors (Lipinski definition) is 1. The molecular formula is C24H30N2O5. The van der Waals surface area contributed by atoms with Gasteiger partial charge in [-0.3, -0.25) is 4.79 Å². The van der Waals surface area contributed by atoms with Gasteiger partial charge in [-0.25, -0.2) is 0 Å². The number of ether oxygens (including phenoxy) is 4. The molecule has 1 aliphatic carbocycles. The second-order valence-corrected chi connectivity index (χ2v) is 8.28. The van der Waals surface area contributed by atoms with Crippen LogP contribution in [0.4, 0.5) is 0 Å². The van der Waals surface area contributed by atoms with Crippen LogP contribution in [-0.4, -0.2) is 51.8 Å². The Balaban J connectivity index is 1.70. The molecule has 2 fully saturated rings. The van der Waals surface area contributed by atoms with Gasteiger partial charge >= 0.3 is 0 Å². The van der Waals surface area contributed by atoms with Crippen LogP contribution in [0.3, 0.4) is 0 Å². The molecule has 1 saturated heterocycles. The van der Waals surface area contributed by atoms with Crippen molar-refractivity contribution in [3.8, 4) is 28.7 Å².